The van der Waals surface area contributed by atoms with E-state index in [0.717, 1.165) is 5.69 Å². The van der Waals surface area contributed by atoms with Gasteiger partial charge in [-0.05, 0) is 25.5 Å². The first-order chi connectivity index (χ1) is 7.72. The van der Waals surface area contributed by atoms with E-state index >= 15 is 0 Å². The second-order valence-electron chi connectivity index (χ2n) is 3.51. The minimum absolute atomic E-state index is 0.0271. The van der Waals surface area contributed by atoms with Gasteiger partial charge in [0.05, 0.1) is 18.8 Å². The van der Waals surface area contributed by atoms with Gasteiger partial charge in [0.2, 0.25) is 0 Å². The highest BCUT2D eigenvalue weighted by Gasteiger charge is 2.04. The fourth-order valence-corrected chi connectivity index (χ4v) is 1.15. The number of methoxy groups -OCH3 is 1. The summed E-state index contributed by atoms with van der Waals surface area (Å²) >= 11 is 0. The molecule has 1 aromatic carbocycles. The Bertz CT molecular complexity index is 349. The number of nitrogens with zero attached hydrogens (tertiary/aromatic N) is 2. The van der Waals surface area contributed by atoms with Gasteiger partial charge in [0, 0.05) is 6.42 Å². The smallest absolute Gasteiger partial charge is 0.305 e. The summed E-state index contributed by atoms with van der Waals surface area (Å²) in [6.07, 6.45) is 1.04. The normalized spacial score (nSPS) is 12.6. The van der Waals surface area contributed by atoms with Crippen LogP contribution >= 0.6 is 0 Å². The quantitative estimate of drug-likeness (QED) is 0.565. The second-order valence-corrected chi connectivity index (χ2v) is 3.51. The summed E-state index contributed by atoms with van der Waals surface area (Å²) in [6, 6.07) is 9.55. The zero-order valence-corrected chi connectivity index (χ0v) is 9.59. The molecule has 0 aliphatic rings. The van der Waals surface area contributed by atoms with Crippen molar-refractivity contribution >= 4 is 11.7 Å². The van der Waals surface area contributed by atoms with Gasteiger partial charge < -0.3 is 4.74 Å². The van der Waals surface area contributed by atoms with Crippen LogP contribution in [0, 0.1) is 0 Å². The monoisotopic (exact) mass is 220 g/mol. The van der Waals surface area contributed by atoms with Crippen LogP contribution in [0.15, 0.2) is 40.6 Å². The van der Waals surface area contributed by atoms with E-state index in [2.05, 4.69) is 15.0 Å². The summed E-state index contributed by atoms with van der Waals surface area (Å²) in [5, 5.41) is 8.20. The number of benzene rings is 1. The fourth-order valence-electron chi connectivity index (χ4n) is 1.15. The molecular formula is C12H16N2O2. The molecule has 0 saturated carbocycles. The third kappa shape index (κ3) is 4.68. The van der Waals surface area contributed by atoms with Gasteiger partial charge in [-0.2, -0.15) is 10.2 Å². The predicted octanol–water partition coefficient (Wildman–Crippen LogP) is 3.11. The van der Waals surface area contributed by atoms with Crippen molar-refractivity contribution in [2.45, 2.75) is 25.8 Å². The van der Waals surface area contributed by atoms with Gasteiger partial charge in [0.25, 0.3) is 0 Å². The molecule has 0 N–H and O–H groups in total. The van der Waals surface area contributed by atoms with Crippen LogP contribution < -0.4 is 0 Å². The van der Waals surface area contributed by atoms with Crippen molar-refractivity contribution in [1.29, 1.82) is 0 Å². The number of carbonyl (C=O) groups excluding carboxylic acids is 1. The van der Waals surface area contributed by atoms with E-state index in [9.17, 15) is 4.79 Å². The second kappa shape index (κ2) is 6.71. The van der Waals surface area contributed by atoms with Crippen LogP contribution in [0.25, 0.3) is 0 Å². The molecule has 0 aromatic heterocycles. The lowest BCUT2D eigenvalue weighted by Crippen LogP contribution is -2.05. The van der Waals surface area contributed by atoms with Crippen LogP contribution in [-0.4, -0.2) is 19.1 Å². The number of ether oxygens (including phenoxy) is 1. The van der Waals surface area contributed by atoms with Crippen molar-refractivity contribution in [3.8, 4) is 0 Å². The summed E-state index contributed by atoms with van der Waals surface area (Å²) in [6.45, 7) is 1.93. The molecule has 0 spiro atoms. The van der Waals surface area contributed by atoms with Crippen molar-refractivity contribution in [3.63, 3.8) is 0 Å². The average Bonchev–Trinajstić information content (AvgIpc) is 2.34. The summed E-state index contributed by atoms with van der Waals surface area (Å²) in [4.78, 5) is 10.9. The standard InChI is InChI=1S/C12H16N2O2/c1-10(8-9-12(15)16-2)13-14-11-6-4-3-5-7-11/h3-7,10H,8-9H2,1-2H3. The highest BCUT2D eigenvalue weighted by atomic mass is 16.5. The van der Waals surface area contributed by atoms with Crippen LogP contribution in [0.3, 0.4) is 0 Å². The number of rotatable bonds is 5. The zero-order valence-electron chi connectivity index (χ0n) is 9.59. The van der Waals surface area contributed by atoms with Gasteiger partial charge in [-0.3, -0.25) is 4.79 Å². The minimum atomic E-state index is -0.207. The van der Waals surface area contributed by atoms with Crippen LogP contribution in [0.1, 0.15) is 19.8 Å². The Morgan fingerprint density at radius 2 is 2.06 bits per heavy atom. The molecule has 0 heterocycles. The van der Waals surface area contributed by atoms with E-state index in [0.29, 0.717) is 12.8 Å². The summed E-state index contributed by atoms with van der Waals surface area (Å²) < 4.78 is 4.55. The largest absolute Gasteiger partial charge is 0.469 e. The molecule has 0 aliphatic heterocycles. The van der Waals surface area contributed by atoms with Gasteiger partial charge in [-0.15, -0.1) is 0 Å². The maximum absolute atomic E-state index is 10.9. The summed E-state index contributed by atoms with van der Waals surface area (Å²) in [5.74, 6) is -0.207. The highest BCUT2D eigenvalue weighted by molar-refractivity contribution is 5.69. The topological polar surface area (TPSA) is 51.0 Å². The van der Waals surface area contributed by atoms with Crippen molar-refractivity contribution < 1.29 is 9.53 Å². The lowest BCUT2D eigenvalue weighted by molar-refractivity contribution is -0.140. The number of hydrogen-bond donors (Lipinski definition) is 0. The first-order valence-corrected chi connectivity index (χ1v) is 5.25. The Balaban J connectivity index is 2.37. The van der Waals surface area contributed by atoms with Crippen molar-refractivity contribution in [3.05, 3.63) is 30.3 Å². The molecule has 0 fully saturated rings. The molecule has 1 rings (SSSR count). The van der Waals surface area contributed by atoms with E-state index in [1.807, 2.05) is 37.3 Å². The van der Waals surface area contributed by atoms with E-state index in [1.165, 1.54) is 7.11 Å². The SMILES string of the molecule is COC(=O)CCC(C)N=Nc1ccccc1. The Hall–Kier alpha value is -1.71. The lowest BCUT2D eigenvalue weighted by Gasteiger charge is -2.03. The van der Waals surface area contributed by atoms with Gasteiger partial charge in [0.15, 0.2) is 0 Å². The van der Waals surface area contributed by atoms with Crippen LogP contribution in [0.2, 0.25) is 0 Å². The molecule has 0 radical (unpaired) electrons. The maximum Gasteiger partial charge on any atom is 0.305 e. The lowest BCUT2D eigenvalue weighted by atomic mass is 10.2. The minimum Gasteiger partial charge on any atom is -0.469 e. The predicted molar refractivity (Wildman–Crippen MR) is 61.7 cm³/mol. The van der Waals surface area contributed by atoms with E-state index < -0.39 is 0 Å². The van der Waals surface area contributed by atoms with Crippen LogP contribution in [-0.2, 0) is 9.53 Å². The molecule has 0 amide bonds. The van der Waals surface area contributed by atoms with E-state index in [-0.39, 0.29) is 12.0 Å². The first-order valence-electron chi connectivity index (χ1n) is 5.25. The Labute approximate surface area is 95.3 Å². The van der Waals surface area contributed by atoms with E-state index in [1.54, 1.807) is 0 Å². The molecule has 4 heteroatoms. The molecule has 16 heavy (non-hydrogen) atoms. The van der Waals surface area contributed by atoms with Gasteiger partial charge in [0.1, 0.15) is 0 Å². The van der Waals surface area contributed by atoms with Gasteiger partial charge >= 0.3 is 5.97 Å². The molecule has 4 nitrogen and oxygen atoms in total. The molecular weight excluding hydrogens is 204 g/mol. The molecule has 0 aliphatic carbocycles. The average molecular weight is 220 g/mol. The van der Waals surface area contributed by atoms with Crippen LogP contribution in [0.4, 0.5) is 5.69 Å². The molecule has 1 atom stereocenters. The van der Waals surface area contributed by atoms with E-state index in [4.69, 9.17) is 0 Å². The number of esters is 1. The number of carbonyl (C=O) groups is 1. The van der Waals surface area contributed by atoms with Gasteiger partial charge in [-0.25, -0.2) is 0 Å². The van der Waals surface area contributed by atoms with Crippen molar-refractivity contribution in [2.75, 3.05) is 7.11 Å². The molecule has 0 bridgehead atoms. The summed E-state index contributed by atoms with van der Waals surface area (Å²) in [5.41, 5.74) is 0.826. The summed E-state index contributed by atoms with van der Waals surface area (Å²) in [7, 11) is 1.39. The van der Waals surface area contributed by atoms with Crippen molar-refractivity contribution in [2.24, 2.45) is 10.2 Å². The first kappa shape index (κ1) is 12.4. The highest BCUT2D eigenvalue weighted by Crippen LogP contribution is 2.12. The Morgan fingerprint density at radius 3 is 2.69 bits per heavy atom. The fraction of sp³-hybridized carbons (Fsp3) is 0.417. The third-order valence-corrected chi connectivity index (χ3v) is 2.12. The molecule has 0 saturated heterocycles. The maximum atomic E-state index is 10.9. The Kier molecular flexibility index (Phi) is 5.19. The molecule has 86 valence electrons. The number of hydrogen-bond acceptors (Lipinski definition) is 4. The zero-order chi connectivity index (χ0) is 11.8. The van der Waals surface area contributed by atoms with Crippen molar-refractivity contribution in [1.82, 2.24) is 0 Å². The van der Waals surface area contributed by atoms with Gasteiger partial charge in [-0.1, -0.05) is 18.2 Å². The number of azo groups is 1. The third-order valence-electron chi connectivity index (χ3n) is 2.12. The Morgan fingerprint density at radius 1 is 1.38 bits per heavy atom. The molecule has 1 unspecified atom stereocenters. The van der Waals surface area contributed by atoms with Crippen LogP contribution in [0.5, 0.6) is 0 Å². The molecule has 1 aromatic rings.